The van der Waals surface area contributed by atoms with Crippen molar-refractivity contribution >= 4 is 6.03 Å². The molecule has 0 aromatic heterocycles. The van der Waals surface area contributed by atoms with Gasteiger partial charge in [0, 0.05) is 25.2 Å². The number of urea groups is 1. The maximum absolute atomic E-state index is 12.6. The summed E-state index contributed by atoms with van der Waals surface area (Å²) in [6.45, 7) is 2.79. The van der Waals surface area contributed by atoms with Crippen LogP contribution in [0.3, 0.4) is 0 Å². The van der Waals surface area contributed by atoms with E-state index in [1.54, 1.807) is 0 Å². The molecular formula is C21H23N3O. The fraction of sp³-hybridized carbons (Fsp3) is 0.286. The summed E-state index contributed by atoms with van der Waals surface area (Å²) in [5.74, 6) is 6.08. The van der Waals surface area contributed by atoms with E-state index >= 15 is 0 Å². The Labute approximate surface area is 149 Å². The van der Waals surface area contributed by atoms with E-state index in [2.05, 4.69) is 41.2 Å². The minimum atomic E-state index is -0.0516. The quantitative estimate of drug-likeness (QED) is 0.858. The standard InChI is InChI=1S/C21H23N3O/c1-23-15-16-24(20(17-23)19-12-6-3-7-13-19)21(25)22-14-8-11-18-9-4-2-5-10-18/h2-7,9-10,12-13,20H,14-17H2,1H3,(H,22,25). The van der Waals surface area contributed by atoms with Gasteiger partial charge in [0.05, 0.1) is 12.6 Å². The molecule has 0 spiro atoms. The molecule has 1 N–H and O–H groups in total. The van der Waals surface area contributed by atoms with E-state index in [0.717, 1.165) is 18.7 Å². The van der Waals surface area contributed by atoms with Crippen LogP contribution >= 0.6 is 0 Å². The van der Waals surface area contributed by atoms with Crippen LogP contribution < -0.4 is 5.32 Å². The minimum absolute atomic E-state index is 0.0516. The normalized spacial score (nSPS) is 17.5. The van der Waals surface area contributed by atoms with Gasteiger partial charge in [-0.05, 0) is 24.7 Å². The summed E-state index contributed by atoms with van der Waals surface area (Å²) in [4.78, 5) is 16.8. The lowest BCUT2D eigenvalue weighted by Crippen LogP contribution is -2.52. The number of amides is 2. The molecule has 4 heteroatoms. The summed E-state index contributed by atoms with van der Waals surface area (Å²) in [5.41, 5.74) is 2.12. The van der Waals surface area contributed by atoms with Gasteiger partial charge in [-0.2, -0.15) is 0 Å². The number of piperazine rings is 1. The van der Waals surface area contributed by atoms with Gasteiger partial charge in [0.2, 0.25) is 0 Å². The number of hydrogen-bond donors (Lipinski definition) is 1. The van der Waals surface area contributed by atoms with E-state index in [9.17, 15) is 4.79 Å². The molecule has 2 aromatic rings. The molecule has 1 saturated heterocycles. The first-order valence-electron chi connectivity index (χ1n) is 8.56. The smallest absolute Gasteiger partial charge is 0.318 e. The summed E-state index contributed by atoms with van der Waals surface area (Å²) >= 11 is 0. The molecule has 0 aliphatic carbocycles. The highest BCUT2D eigenvalue weighted by molar-refractivity contribution is 5.75. The van der Waals surface area contributed by atoms with E-state index in [1.807, 2.05) is 53.4 Å². The molecule has 2 amide bonds. The van der Waals surface area contributed by atoms with Crippen molar-refractivity contribution < 1.29 is 4.79 Å². The minimum Gasteiger partial charge on any atom is -0.327 e. The van der Waals surface area contributed by atoms with Crippen molar-refractivity contribution in [1.29, 1.82) is 0 Å². The number of carbonyl (C=O) groups excluding carboxylic acids is 1. The lowest BCUT2D eigenvalue weighted by molar-refractivity contribution is 0.109. The molecule has 0 saturated carbocycles. The summed E-state index contributed by atoms with van der Waals surface area (Å²) in [6, 6.07) is 20.0. The van der Waals surface area contributed by atoms with Gasteiger partial charge < -0.3 is 15.1 Å². The van der Waals surface area contributed by atoms with Gasteiger partial charge in [0.15, 0.2) is 0 Å². The Balaban J connectivity index is 1.62. The van der Waals surface area contributed by atoms with Crippen molar-refractivity contribution in [2.24, 2.45) is 0 Å². The molecule has 1 heterocycles. The van der Waals surface area contributed by atoms with E-state index in [1.165, 1.54) is 5.56 Å². The zero-order valence-corrected chi connectivity index (χ0v) is 14.5. The van der Waals surface area contributed by atoms with Crippen molar-refractivity contribution in [1.82, 2.24) is 15.1 Å². The summed E-state index contributed by atoms with van der Waals surface area (Å²) < 4.78 is 0. The summed E-state index contributed by atoms with van der Waals surface area (Å²) in [7, 11) is 2.09. The van der Waals surface area contributed by atoms with Crippen molar-refractivity contribution in [3.8, 4) is 11.8 Å². The highest BCUT2D eigenvalue weighted by Gasteiger charge is 2.29. The van der Waals surface area contributed by atoms with Gasteiger partial charge in [-0.1, -0.05) is 60.4 Å². The fourth-order valence-electron chi connectivity index (χ4n) is 3.01. The predicted octanol–water partition coefficient (Wildman–Crippen LogP) is 2.74. The molecule has 4 nitrogen and oxygen atoms in total. The van der Waals surface area contributed by atoms with Crippen molar-refractivity contribution in [2.45, 2.75) is 6.04 Å². The van der Waals surface area contributed by atoms with Crippen LogP contribution in [0.1, 0.15) is 17.2 Å². The third-order valence-electron chi connectivity index (χ3n) is 4.36. The van der Waals surface area contributed by atoms with Gasteiger partial charge in [0.25, 0.3) is 0 Å². The van der Waals surface area contributed by atoms with E-state index < -0.39 is 0 Å². The molecule has 0 bridgehead atoms. The Bertz CT molecular complexity index is 749. The van der Waals surface area contributed by atoms with Crippen LogP contribution in [0, 0.1) is 11.8 Å². The molecular weight excluding hydrogens is 310 g/mol. The highest BCUT2D eigenvalue weighted by atomic mass is 16.2. The fourth-order valence-corrected chi connectivity index (χ4v) is 3.01. The van der Waals surface area contributed by atoms with Gasteiger partial charge in [-0.25, -0.2) is 4.79 Å². The largest absolute Gasteiger partial charge is 0.327 e. The maximum Gasteiger partial charge on any atom is 0.318 e. The number of likely N-dealkylation sites (N-methyl/N-ethyl adjacent to an activating group) is 1. The first-order chi connectivity index (χ1) is 12.2. The molecule has 3 rings (SSSR count). The van der Waals surface area contributed by atoms with E-state index in [-0.39, 0.29) is 12.1 Å². The lowest BCUT2D eigenvalue weighted by Gasteiger charge is -2.40. The number of benzene rings is 2. The van der Waals surface area contributed by atoms with Crippen LogP contribution in [0.15, 0.2) is 60.7 Å². The Hall–Kier alpha value is -2.77. The second-order valence-electron chi connectivity index (χ2n) is 6.21. The number of hydrogen-bond acceptors (Lipinski definition) is 2. The number of nitrogens with one attached hydrogen (secondary N) is 1. The Kier molecular flexibility index (Phi) is 5.71. The molecule has 128 valence electrons. The van der Waals surface area contributed by atoms with Crippen molar-refractivity contribution in [3.63, 3.8) is 0 Å². The van der Waals surface area contributed by atoms with E-state index in [4.69, 9.17) is 0 Å². The van der Waals surface area contributed by atoms with Crippen molar-refractivity contribution in [2.75, 3.05) is 33.2 Å². The average Bonchev–Trinajstić information content (AvgIpc) is 2.66. The topological polar surface area (TPSA) is 35.6 Å². The van der Waals surface area contributed by atoms with Crippen LogP contribution in [-0.2, 0) is 0 Å². The Morgan fingerprint density at radius 3 is 2.48 bits per heavy atom. The average molecular weight is 333 g/mol. The maximum atomic E-state index is 12.6. The molecule has 25 heavy (non-hydrogen) atoms. The van der Waals surface area contributed by atoms with Crippen LogP contribution in [0.4, 0.5) is 4.79 Å². The third-order valence-corrected chi connectivity index (χ3v) is 4.36. The third kappa shape index (κ3) is 4.62. The molecule has 1 aliphatic rings. The van der Waals surface area contributed by atoms with Crippen LogP contribution in [-0.4, -0.2) is 49.1 Å². The predicted molar refractivity (Wildman–Crippen MR) is 100 cm³/mol. The zero-order valence-electron chi connectivity index (χ0n) is 14.5. The van der Waals surface area contributed by atoms with Gasteiger partial charge in [-0.3, -0.25) is 0 Å². The first kappa shape index (κ1) is 17.1. The molecule has 1 unspecified atom stereocenters. The number of rotatable bonds is 2. The molecule has 1 atom stereocenters. The molecule has 1 fully saturated rings. The number of nitrogens with zero attached hydrogens (tertiary/aromatic N) is 2. The number of carbonyl (C=O) groups is 1. The van der Waals surface area contributed by atoms with Gasteiger partial charge in [0.1, 0.15) is 0 Å². The monoisotopic (exact) mass is 333 g/mol. The Morgan fingerprint density at radius 1 is 1.08 bits per heavy atom. The molecule has 1 aliphatic heterocycles. The van der Waals surface area contributed by atoms with Crippen LogP contribution in [0.2, 0.25) is 0 Å². The molecule has 0 radical (unpaired) electrons. The molecule has 2 aromatic carbocycles. The zero-order chi connectivity index (χ0) is 17.5. The van der Waals surface area contributed by atoms with Gasteiger partial charge in [-0.15, -0.1) is 0 Å². The highest BCUT2D eigenvalue weighted by Crippen LogP contribution is 2.24. The second-order valence-corrected chi connectivity index (χ2v) is 6.21. The van der Waals surface area contributed by atoms with Crippen molar-refractivity contribution in [3.05, 3.63) is 71.8 Å². The SMILES string of the molecule is CN1CCN(C(=O)NCC#Cc2ccccc2)C(c2ccccc2)C1. The summed E-state index contributed by atoms with van der Waals surface area (Å²) in [5, 5.41) is 2.93. The second kappa shape index (κ2) is 8.36. The van der Waals surface area contributed by atoms with Gasteiger partial charge >= 0.3 is 6.03 Å². The van der Waals surface area contributed by atoms with E-state index in [0.29, 0.717) is 13.1 Å². The lowest BCUT2D eigenvalue weighted by atomic mass is 10.0. The van der Waals surface area contributed by atoms with Crippen LogP contribution in [0.25, 0.3) is 0 Å². The summed E-state index contributed by atoms with van der Waals surface area (Å²) in [6.07, 6.45) is 0. The Morgan fingerprint density at radius 2 is 1.76 bits per heavy atom. The van der Waals surface area contributed by atoms with Crippen LogP contribution in [0.5, 0.6) is 0 Å². The first-order valence-corrected chi connectivity index (χ1v) is 8.56.